The van der Waals surface area contributed by atoms with E-state index in [1.54, 1.807) is 7.11 Å². The van der Waals surface area contributed by atoms with E-state index >= 15 is 0 Å². The lowest BCUT2D eigenvalue weighted by Crippen LogP contribution is -2.15. The third kappa shape index (κ3) is 3.02. The number of hydrogen-bond donors (Lipinski definition) is 0. The van der Waals surface area contributed by atoms with Crippen molar-refractivity contribution in [1.82, 2.24) is 0 Å². The zero-order valence-corrected chi connectivity index (χ0v) is 17.3. The van der Waals surface area contributed by atoms with Crippen molar-refractivity contribution in [3.8, 4) is 5.75 Å². The molecule has 2 nitrogen and oxygen atoms in total. The van der Waals surface area contributed by atoms with Gasteiger partial charge in [0.25, 0.3) is 0 Å². The Balaban J connectivity index is 2.06. The minimum atomic E-state index is -2.98. The summed E-state index contributed by atoms with van der Waals surface area (Å²) < 4.78 is 20.4. The van der Waals surface area contributed by atoms with Crippen LogP contribution in [0.4, 0.5) is 0 Å². The van der Waals surface area contributed by atoms with Crippen LogP contribution < -0.4 is 15.3 Å². The Morgan fingerprint density at radius 1 is 0.893 bits per heavy atom. The van der Waals surface area contributed by atoms with Crippen molar-refractivity contribution in [3.05, 3.63) is 90.0 Å². The largest absolute Gasteiger partial charge is 0.497 e. The summed E-state index contributed by atoms with van der Waals surface area (Å²) in [7, 11) is -1.32. The van der Waals surface area contributed by atoms with E-state index in [-0.39, 0.29) is 0 Å². The molecule has 0 saturated carbocycles. The van der Waals surface area contributed by atoms with Gasteiger partial charge in [0.2, 0.25) is 0 Å². The SMILES string of the molecule is CCCCC1=C(c2ccccc2)P(=O)(c2ccccc2)c2cc(OC)ccc21. The average Bonchev–Trinajstić information content (AvgIpc) is 3.02. The number of fused-ring (bicyclic) bond motifs is 1. The molecule has 142 valence electrons. The Labute approximate surface area is 167 Å². The minimum absolute atomic E-state index is 0.749. The Morgan fingerprint density at radius 2 is 1.57 bits per heavy atom. The highest BCUT2D eigenvalue weighted by molar-refractivity contribution is 7.88. The molecule has 0 N–H and O–H groups in total. The van der Waals surface area contributed by atoms with Gasteiger partial charge in [-0.2, -0.15) is 0 Å². The smallest absolute Gasteiger partial charge is 0.172 e. The molecule has 3 aromatic carbocycles. The van der Waals surface area contributed by atoms with Crippen LogP contribution in [0.15, 0.2) is 78.9 Å². The second kappa shape index (κ2) is 7.81. The van der Waals surface area contributed by atoms with Crippen LogP contribution in [0.2, 0.25) is 0 Å². The van der Waals surface area contributed by atoms with Gasteiger partial charge >= 0.3 is 0 Å². The fraction of sp³-hybridized carbons (Fsp3) is 0.200. The molecular formula is C25H25O2P. The zero-order chi connectivity index (χ0) is 19.6. The topological polar surface area (TPSA) is 26.3 Å². The third-order valence-corrected chi connectivity index (χ3v) is 8.65. The van der Waals surface area contributed by atoms with Crippen molar-refractivity contribution in [2.24, 2.45) is 0 Å². The maximum Gasteiger partial charge on any atom is 0.172 e. The van der Waals surface area contributed by atoms with E-state index in [2.05, 4.69) is 25.1 Å². The molecule has 1 aliphatic rings. The van der Waals surface area contributed by atoms with Gasteiger partial charge in [0, 0.05) is 15.9 Å². The van der Waals surface area contributed by atoms with Crippen molar-refractivity contribution in [2.75, 3.05) is 7.11 Å². The molecule has 0 aliphatic carbocycles. The summed E-state index contributed by atoms with van der Waals surface area (Å²) in [5.41, 5.74) is 3.38. The quantitative estimate of drug-likeness (QED) is 0.478. The molecule has 0 amide bonds. The summed E-state index contributed by atoms with van der Waals surface area (Å²) in [6.07, 6.45) is 3.11. The van der Waals surface area contributed by atoms with Gasteiger partial charge in [-0.25, -0.2) is 0 Å². The van der Waals surface area contributed by atoms with Gasteiger partial charge in [0.05, 0.1) is 7.11 Å². The van der Waals surface area contributed by atoms with Crippen LogP contribution in [0.3, 0.4) is 0 Å². The van der Waals surface area contributed by atoms with Crippen molar-refractivity contribution >= 4 is 28.6 Å². The summed E-state index contributed by atoms with van der Waals surface area (Å²) in [6.45, 7) is 2.20. The molecule has 0 radical (unpaired) electrons. The fourth-order valence-electron chi connectivity index (χ4n) is 4.06. The van der Waals surface area contributed by atoms with E-state index in [0.717, 1.165) is 52.1 Å². The van der Waals surface area contributed by atoms with Crippen LogP contribution in [0.1, 0.15) is 37.3 Å². The van der Waals surface area contributed by atoms with Crippen LogP contribution in [-0.2, 0) is 4.57 Å². The number of ether oxygens (including phenoxy) is 1. The van der Waals surface area contributed by atoms with Crippen LogP contribution in [0.25, 0.3) is 10.9 Å². The Bertz CT molecular complexity index is 1050. The van der Waals surface area contributed by atoms with Crippen molar-refractivity contribution in [3.63, 3.8) is 0 Å². The molecule has 0 fully saturated rings. The van der Waals surface area contributed by atoms with Crippen LogP contribution in [0, 0.1) is 0 Å². The molecular weight excluding hydrogens is 363 g/mol. The summed E-state index contributed by atoms with van der Waals surface area (Å²) in [5, 5.41) is 2.79. The van der Waals surface area contributed by atoms with Gasteiger partial charge in [-0.05, 0) is 41.7 Å². The number of unbranched alkanes of at least 4 members (excludes halogenated alkanes) is 1. The van der Waals surface area contributed by atoms with Gasteiger partial charge in [-0.15, -0.1) is 0 Å². The number of allylic oxidation sites excluding steroid dienone is 1. The summed E-state index contributed by atoms with van der Waals surface area (Å²) in [6, 6.07) is 26.2. The molecule has 1 heterocycles. The second-order valence-corrected chi connectivity index (χ2v) is 9.79. The third-order valence-electron chi connectivity index (χ3n) is 5.42. The van der Waals surface area contributed by atoms with Crippen molar-refractivity contribution in [2.45, 2.75) is 26.2 Å². The first-order valence-corrected chi connectivity index (χ1v) is 11.5. The van der Waals surface area contributed by atoms with E-state index in [9.17, 15) is 4.57 Å². The maximum atomic E-state index is 14.9. The first kappa shape index (κ1) is 18.8. The molecule has 3 heteroatoms. The van der Waals surface area contributed by atoms with Gasteiger partial charge in [0.15, 0.2) is 7.14 Å². The molecule has 0 bridgehead atoms. The highest BCUT2D eigenvalue weighted by atomic mass is 31.2. The number of methoxy groups -OCH3 is 1. The highest BCUT2D eigenvalue weighted by Crippen LogP contribution is 2.65. The lowest BCUT2D eigenvalue weighted by atomic mass is 9.98. The first-order chi connectivity index (χ1) is 13.7. The average molecular weight is 388 g/mol. The summed E-state index contributed by atoms with van der Waals surface area (Å²) in [5.74, 6) is 0.749. The van der Waals surface area contributed by atoms with Gasteiger partial charge in [-0.3, -0.25) is 0 Å². The minimum Gasteiger partial charge on any atom is -0.497 e. The van der Waals surface area contributed by atoms with E-state index < -0.39 is 7.14 Å². The predicted molar refractivity (Wildman–Crippen MR) is 119 cm³/mol. The lowest BCUT2D eigenvalue weighted by molar-refractivity contribution is 0.415. The normalized spacial score (nSPS) is 18.2. The standard InChI is InChI=1S/C25H25O2P/c1-3-4-15-23-22-17-16-20(27-2)18-24(22)28(26,21-13-9-6-10-14-21)25(23)19-11-7-5-8-12-19/h5-14,16-18H,3-4,15H2,1-2H3. The van der Waals surface area contributed by atoms with Gasteiger partial charge in [0.1, 0.15) is 5.75 Å². The van der Waals surface area contributed by atoms with Crippen LogP contribution >= 0.6 is 7.14 Å². The van der Waals surface area contributed by atoms with Crippen molar-refractivity contribution < 1.29 is 9.30 Å². The Kier molecular flexibility index (Phi) is 5.24. The molecule has 28 heavy (non-hydrogen) atoms. The molecule has 4 rings (SSSR count). The maximum absolute atomic E-state index is 14.9. The number of benzene rings is 3. The van der Waals surface area contributed by atoms with E-state index in [4.69, 9.17) is 4.74 Å². The van der Waals surface area contributed by atoms with Crippen molar-refractivity contribution in [1.29, 1.82) is 0 Å². The molecule has 0 spiro atoms. The predicted octanol–water partition coefficient (Wildman–Crippen LogP) is 6.08. The molecule has 0 saturated heterocycles. The molecule has 3 aromatic rings. The second-order valence-electron chi connectivity index (χ2n) is 7.12. The number of hydrogen-bond acceptors (Lipinski definition) is 2. The van der Waals surface area contributed by atoms with Gasteiger partial charge < -0.3 is 9.30 Å². The highest BCUT2D eigenvalue weighted by Gasteiger charge is 2.42. The van der Waals surface area contributed by atoms with Gasteiger partial charge in [-0.1, -0.05) is 80.1 Å². The monoisotopic (exact) mass is 388 g/mol. The Morgan fingerprint density at radius 3 is 2.21 bits per heavy atom. The van der Waals surface area contributed by atoms with Crippen LogP contribution in [-0.4, -0.2) is 7.11 Å². The molecule has 0 aromatic heterocycles. The van der Waals surface area contributed by atoms with E-state index in [1.165, 1.54) is 5.57 Å². The molecule has 1 atom stereocenters. The zero-order valence-electron chi connectivity index (χ0n) is 16.4. The van der Waals surface area contributed by atoms with E-state index in [1.807, 2.05) is 60.7 Å². The molecule has 1 aliphatic heterocycles. The first-order valence-electron chi connectivity index (χ1n) is 9.84. The van der Waals surface area contributed by atoms with E-state index in [0.29, 0.717) is 0 Å². The molecule has 1 unspecified atom stereocenters. The Hall–Kier alpha value is -2.57. The summed E-state index contributed by atoms with van der Waals surface area (Å²) >= 11 is 0. The summed E-state index contributed by atoms with van der Waals surface area (Å²) in [4.78, 5) is 0. The lowest BCUT2D eigenvalue weighted by Gasteiger charge is -2.20. The fourth-order valence-corrected chi connectivity index (χ4v) is 7.41. The number of rotatable bonds is 6. The van der Waals surface area contributed by atoms with Crippen LogP contribution in [0.5, 0.6) is 5.75 Å².